The second-order valence-corrected chi connectivity index (χ2v) is 5.94. The van der Waals surface area contributed by atoms with E-state index in [2.05, 4.69) is 47.6 Å². The third-order valence-electron chi connectivity index (χ3n) is 2.67. The Balaban J connectivity index is 2.30. The second kappa shape index (κ2) is 6.34. The average Bonchev–Trinajstić information content (AvgIpc) is 2.41. The Bertz CT molecular complexity index is 661. The van der Waals surface area contributed by atoms with Gasteiger partial charge in [-0.2, -0.15) is 0 Å². The molecule has 7 heteroatoms. The number of carbonyl (C=O) groups excluding carboxylic acids is 1. The summed E-state index contributed by atoms with van der Waals surface area (Å²) in [5, 5.41) is 2.84. The lowest BCUT2D eigenvalue weighted by Crippen LogP contribution is -2.18. The van der Waals surface area contributed by atoms with Crippen LogP contribution in [0.15, 0.2) is 39.4 Å². The molecule has 0 spiro atoms. The van der Waals surface area contributed by atoms with Crippen LogP contribution in [0.3, 0.4) is 0 Å². The van der Waals surface area contributed by atoms with Crippen LogP contribution in [0, 0.1) is 6.92 Å². The molecule has 0 aliphatic carbocycles. The van der Waals surface area contributed by atoms with Crippen molar-refractivity contribution in [1.29, 1.82) is 0 Å². The van der Waals surface area contributed by atoms with Gasteiger partial charge in [0.15, 0.2) is 5.82 Å². The number of nitrogens with one attached hydrogen (secondary N) is 2. The van der Waals surface area contributed by atoms with E-state index in [1.165, 1.54) is 0 Å². The van der Waals surface area contributed by atoms with Crippen molar-refractivity contribution in [3.05, 3.63) is 50.5 Å². The summed E-state index contributed by atoms with van der Waals surface area (Å²) in [4.78, 5) is 16.3. The van der Waals surface area contributed by atoms with E-state index >= 15 is 0 Å². The number of halogens is 2. The molecule has 0 saturated carbocycles. The summed E-state index contributed by atoms with van der Waals surface area (Å²) in [5.41, 5.74) is 4.47. The molecule has 104 valence electrons. The molecule has 20 heavy (non-hydrogen) atoms. The highest BCUT2D eigenvalue weighted by atomic mass is 79.9. The Morgan fingerprint density at radius 3 is 2.65 bits per heavy atom. The third-order valence-corrected chi connectivity index (χ3v) is 3.60. The number of hydrogen-bond acceptors (Lipinski definition) is 4. The SMILES string of the molecule is Cc1cc(Br)ccc1NC(=O)c1cc(Br)cnc1NN. The van der Waals surface area contributed by atoms with Gasteiger partial charge in [0.2, 0.25) is 0 Å². The zero-order valence-electron chi connectivity index (χ0n) is 10.6. The number of benzene rings is 1. The van der Waals surface area contributed by atoms with Crippen molar-refractivity contribution in [2.45, 2.75) is 6.92 Å². The number of aromatic nitrogens is 1. The molecule has 2 aromatic rings. The monoisotopic (exact) mass is 398 g/mol. The number of hydrogen-bond donors (Lipinski definition) is 3. The minimum absolute atomic E-state index is 0.280. The summed E-state index contributed by atoms with van der Waals surface area (Å²) in [7, 11) is 0. The lowest BCUT2D eigenvalue weighted by atomic mass is 10.2. The third kappa shape index (κ3) is 3.36. The fourth-order valence-electron chi connectivity index (χ4n) is 1.68. The first-order chi connectivity index (χ1) is 9.51. The first-order valence-corrected chi connectivity index (χ1v) is 7.29. The fraction of sp³-hybridized carbons (Fsp3) is 0.0769. The quantitative estimate of drug-likeness (QED) is 0.545. The van der Waals surface area contributed by atoms with Gasteiger partial charge in [0.1, 0.15) is 0 Å². The summed E-state index contributed by atoms with van der Waals surface area (Å²) < 4.78 is 1.66. The standard InChI is InChI=1S/C13H12Br2N4O/c1-7-4-8(14)2-3-11(7)18-13(20)10-5-9(15)6-17-12(10)19-16/h2-6H,16H2,1H3,(H,17,19)(H,18,20). The molecule has 1 aromatic carbocycles. The van der Waals surface area contributed by atoms with E-state index in [4.69, 9.17) is 5.84 Å². The predicted molar refractivity (Wildman–Crippen MR) is 86.6 cm³/mol. The van der Waals surface area contributed by atoms with E-state index in [1.54, 1.807) is 12.3 Å². The lowest BCUT2D eigenvalue weighted by Gasteiger charge is -2.11. The van der Waals surface area contributed by atoms with Crippen LogP contribution in [0.2, 0.25) is 0 Å². The van der Waals surface area contributed by atoms with Crippen molar-refractivity contribution in [2.75, 3.05) is 10.7 Å². The second-order valence-electron chi connectivity index (χ2n) is 4.11. The maximum absolute atomic E-state index is 12.3. The van der Waals surface area contributed by atoms with Gasteiger partial charge >= 0.3 is 0 Å². The molecule has 0 unspecified atom stereocenters. The van der Waals surface area contributed by atoms with Crippen LogP contribution in [-0.2, 0) is 0 Å². The van der Waals surface area contributed by atoms with E-state index in [9.17, 15) is 4.79 Å². The van der Waals surface area contributed by atoms with Crippen molar-refractivity contribution in [3.8, 4) is 0 Å². The Kier molecular flexibility index (Phi) is 4.74. The maximum Gasteiger partial charge on any atom is 0.259 e. The molecule has 0 aliphatic heterocycles. The van der Waals surface area contributed by atoms with Crippen molar-refractivity contribution < 1.29 is 4.79 Å². The summed E-state index contributed by atoms with van der Waals surface area (Å²) in [6, 6.07) is 7.28. The summed E-state index contributed by atoms with van der Waals surface area (Å²) >= 11 is 6.67. The normalized spacial score (nSPS) is 10.2. The summed E-state index contributed by atoms with van der Waals surface area (Å²) in [5.74, 6) is 5.41. The van der Waals surface area contributed by atoms with Crippen LogP contribution >= 0.6 is 31.9 Å². The number of nitrogens with two attached hydrogens (primary N) is 1. The molecule has 0 saturated heterocycles. The number of nitrogens with zero attached hydrogens (tertiary/aromatic N) is 1. The van der Waals surface area contributed by atoms with Crippen molar-refractivity contribution in [3.63, 3.8) is 0 Å². The number of aryl methyl sites for hydroxylation is 1. The van der Waals surface area contributed by atoms with Gasteiger partial charge in [0.05, 0.1) is 5.56 Å². The van der Waals surface area contributed by atoms with Gasteiger partial charge < -0.3 is 10.7 Å². The highest BCUT2D eigenvalue weighted by Crippen LogP contribution is 2.23. The molecule has 4 N–H and O–H groups in total. The number of carbonyl (C=O) groups is 1. The van der Waals surface area contributed by atoms with E-state index in [1.807, 2.05) is 25.1 Å². The Hall–Kier alpha value is -1.44. The van der Waals surface area contributed by atoms with Gasteiger partial charge in [-0.1, -0.05) is 15.9 Å². The number of anilines is 2. The topological polar surface area (TPSA) is 80.0 Å². The summed E-state index contributed by atoms with van der Waals surface area (Å²) in [6.45, 7) is 1.92. The number of hydrazine groups is 1. The number of pyridine rings is 1. The first kappa shape index (κ1) is 15.0. The molecule has 2 rings (SSSR count). The van der Waals surface area contributed by atoms with Crippen molar-refractivity contribution in [1.82, 2.24) is 4.98 Å². The molecule has 1 amide bonds. The number of amides is 1. The average molecular weight is 400 g/mol. The molecule has 0 aliphatic rings. The first-order valence-electron chi connectivity index (χ1n) is 5.71. The molecule has 1 heterocycles. The van der Waals surface area contributed by atoms with Crippen LogP contribution in [-0.4, -0.2) is 10.9 Å². The largest absolute Gasteiger partial charge is 0.322 e. The molecule has 0 fully saturated rings. The Labute approximate surface area is 133 Å². The molecule has 0 atom stereocenters. The molecule has 5 nitrogen and oxygen atoms in total. The van der Waals surface area contributed by atoms with Crippen molar-refractivity contribution in [2.24, 2.45) is 5.84 Å². The lowest BCUT2D eigenvalue weighted by molar-refractivity contribution is 0.102. The van der Waals surface area contributed by atoms with Gasteiger partial charge in [-0.05, 0) is 52.7 Å². The van der Waals surface area contributed by atoms with Crippen molar-refractivity contribution >= 4 is 49.3 Å². The number of nitrogen functional groups attached to an aromatic ring is 1. The minimum atomic E-state index is -0.280. The molecule has 0 bridgehead atoms. The van der Waals surface area contributed by atoms with E-state index in [0.29, 0.717) is 15.9 Å². The van der Waals surface area contributed by atoms with Gasteiger partial charge in [0.25, 0.3) is 5.91 Å². The van der Waals surface area contributed by atoms with Gasteiger partial charge in [-0.3, -0.25) is 4.79 Å². The van der Waals surface area contributed by atoms with Crippen LogP contribution in [0.4, 0.5) is 11.5 Å². The van der Waals surface area contributed by atoms with Crippen LogP contribution in [0.1, 0.15) is 15.9 Å². The maximum atomic E-state index is 12.3. The van der Waals surface area contributed by atoms with Gasteiger partial charge in [-0.25, -0.2) is 10.8 Å². The minimum Gasteiger partial charge on any atom is -0.322 e. The Morgan fingerprint density at radius 1 is 1.25 bits per heavy atom. The van der Waals surface area contributed by atoms with E-state index in [0.717, 1.165) is 15.7 Å². The van der Waals surface area contributed by atoms with Gasteiger partial charge in [0, 0.05) is 20.8 Å². The zero-order chi connectivity index (χ0) is 14.7. The molecular weight excluding hydrogens is 388 g/mol. The van der Waals surface area contributed by atoms with E-state index in [-0.39, 0.29) is 5.91 Å². The van der Waals surface area contributed by atoms with E-state index < -0.39 is 0 Å². The fourth-order valence-corrected chi connectivity index (χ4v) is 2.49. The zero-order valence-corrected chi connectivity index (χ0v) is 13.7. The highest BCUT2D eigenvalue weighted by molar-refractivity contribution is 9.10. The van der Waals surface area contributed by atoms with Crippen LogP contribution < -0.4 is 16.6 Å². The molecular formula is C13H12Br2N4O. The highest BCUT2D eigenvalue weighted by Gasteiger charge is 2.14. The smallest absolute Gasteiger partial charge is 0.259 e. The predicted octanol–water partition coefficient (Wildman–Crippen LogP) is 3.45. The van der Waals surface area contributed by atoms with Crippen LogP contribution in [0.5, 0.6) is 0 Å². The number of rotatable bonds is 3. The van der Waals surface area contributed by atoms with Gasteiger partial charge in [-0.15, -0.1) is 0 Å². The van der Waals surface area contributed by atoms with Crippen LogP contribution in [0.25, 0.3) is 0 Å². The molecule has 1 aromatic heterocycles. The Morgan fingerprint density at radius 2 is 2.00 bits per heavy atom. The summed E-state index contributed by atoms with van der Waals surface area (Å²) in [6.07, 6.45) is 1.57. The molecule has 0 radical (unpaired) electrons.